The fourth-order valence-electron chi connectivity index (χ4n) is 1.23. The predicted octanol–water partition coefficient (Wildman–Crippen LogP) is 2.02. The summed E-state index contributed by atoms with van der Waals surface area (Å²) in [5.74, 6) is 0. The van der Waals surface area contributed by atoms with Gasteiger partial charge in [0.1, 0.15) is 5.51 Å². The van der Waals surface area contributed by atoms with Crippen molar-refractivity contribution in [3.05, 3.63) is 5.51 Å². The predicted molar refractivity (Wildman–Crippen MR) is 58.4 cm³/mol. The van der Waals surface area contributed by atoms with Crippen LogP contribution in [0.1, 0.15) is 20.3 Å². The molecule has 0 aliphatic rings. The molecule has 1 aromatic rings. The number of nitrogens with one attached hydrogen (secondary N) is 1. The van der Waals surface area contributed by atoms with Crippen molar-refractivity contribution in [2.45, 2.75) is 35.9 Å². The second-order valence-electron chi connectivity index (χ2n) is 2.83. The zero-order chi connectivity index (χ0) is 9.68. The van der Waals surface area contributed by atoms with Crippen LogP contribution < -0.4 is 5.32 Å². The quantitative estimate of drug-likeness (QED) is 0.766. The first-order valence-corrected chi connectivity index (χ1v) is 6.14. The van der Waals surface area contributed by atoms with Gasteiger partial charge in [0.2, 0.25) is 0 Å². The summed E-state index contributed by atoms with van der Waals surface area (Å²) in [6.07, 6.45) is 1.14. The third-order valence-electron chi connectivity index (χ3n) is 2.00. The summed E-state index contributed by atoms with van der Waals surface area (Å²) < 4.78 is 1.06. The molecule has 3 nitrogen and oxygen atoms in total. The van der Waals surface area contributed by atoms with Crippen LogP contribution in [0.2, 0.25) is 0 Å². The van der Waals surface area contributed by atoms with Crippen molar-refractivity contribution in [1.29, 1.82) is 0 Å². The van der Waals surface area contributed by atoms with Crippen molar-refractivity contribution in [3.63, 3.8) is 0 Å². The molecule has 74 valence electrons. The average molecular weight is 217 g/mol. The Morgan fingerprint density at radius 3 is 2.92 bits per heavy atom. The van der Waals surface area contributed by atoms with Gasteiger partial charge in [-0.25, -0.2) is 0 Å². The molecule has 2 atom stereocenters. The maximum absolute atomic E-state index is 4.01. The van der Waals surface area contributed by atoms with E-state index in [1.807, 2.05) is 7.05 Å². The minimum absolute atomic E-state index is 0.544. The Labute approximate surface area is 87.3 Å². The number of nitrogens with zero attached hydrogens (tertiary/aromatic N) is 2. The standard InChI is InChI=1S/C8H15N3S2/c1-4-7(9-3)6(2)13-8-11-10-5-12-8/h5-7,9H,4H2,1-3H3. The highest BCUT2D eigenvalue weighted by Gasteiger charge is 2.15. The number of hydrogen-bond donors (Lipinski definition) is 1. The molecule has 0 fully saturated rings. The van der Waals surface area contributed by atoms with E-state index in [1.54, 1.807) is 28.6 Å². The summed E-state index contributed by atoms with van der Waals surface area (Å²) in [4.78, 5) is 0. The molecule has 1 aromatic heterocycles. The zero-order valence-electron chi connectivity index (χ0n) is 8.15. The van der Waals surface area contributed by atoms with Crippen LogP contribution in [0.15, 0.2) is 9.85 Å². The molecule has 0 bridgehead atoms. The molecule has 13 heavy (non-hydrogen) atoms. The summed E-state index contributed by atoms with van der Waals surface area (Å²) in [6.45, 7) is 4.41. The third kappa shape index (κ3) is 3.25. The number of hydrogen-bond acceptors (Lipinski definition) is 5. The molecule has 1 rings (SSSR count). The highest BCUT2D eigenvalue weighted by Crippen LogP contribution is 2.26. The van der Waals surface area contributed by atoms with Crippen LogP contribution >= 0.6 is 23.1 Å². The van der Waals surface area contributed by atoms with Crippen LogP contribution in [-0.4, -0.2) is 28.5 Å². The van der Waals surface area contributed by atoms with E-state index in [4.69, 9.17) is 0 Å². The van der Waals surface area contributed by atoms with Gasteiger partial charge in [-0.3, -0.25) is 0 Å². The van der Waals surface area contributed by atoms with Gasteiger partial charge in [-0.2, -0.15) is 0 Å². The van der Waals surface area contributed by atoms with E-state index in [9.17, 15) is 0 Å². The number of thioether (sulfide) groups is 1. The minimum atomic E-state index is 0.544. The Balaban J connectivity index is 2.44. The van der Waals surface area contributed by atoms with Crippen LogP contribution in [-0.2, 0) is 0 Å². The van der Waals surface area contributed by atoms with Crippen molar-refractivity contribution in [3.8, 4) is 0 Å². The largest absolute Gasteiger partial charge is 0.316 e. The van der Waals surface area contributed by atoms with Crippen LogP contribution in [0.3, 0.4) is 0 Å². The van der Waals surface area contributed by atoms with Crippen molar-refractivity contribution < 1.29 is 0 Å². The van der Waals surface area contributed by atoms with Gasteiger partial charge in [0.05, 0.1) is 0 Å². The van der Waals surface area contributed by atoms with Gasteiger partial charge in [0.25, 0.3) is 0 Å². The second-order valence-corrected chi connectivity index (χ2v) is 5.29. The Morgan fingerprint density at radius 1 is 1.69 bits per heavy atom. The van der Waals surface area contributed by atoms with E-state index in [-0.39, 0.29) is 0 Å². The summed E-state index contributed by atoms with van der Waals surface area (Å²) in [6, 6.07) is 0.550. The van der Waals surface area contributed by atoms with Gasteiger partial charge in [0, 0.05) is 11.3 Å². The van der Waals surface area contributed by atoms with E-state index in [0.29, 0.717) is 11.3 Å². The maximum atomic E-state index is 4.01. The molecule has 0 aliphatic heterocycles. The van der Waals surface area contributed by atoms with Crippen molar-refractivity contribution in [1.82, 2.24) is 15.5 Å². The van der Waals surface area contributed by atoms with Crippen LogP contribution in [0, 0.1) is 0 Å². The number of rotatable bonds is 5. The Kier molecular flexibility index (Phi) is 4.69. The summed E-state index contributed by atoms with van der Waals surface area (Å²) in [5, 5.41) is 11.7. The van der Waals surface area contributed by atoms with Gasteiger partial charge in [-0.15, -0.1) is 10.2 Å². The fourth-order valence-corrected chi connectivity index (χ4v) is 3.22. The molecule has 1 N–H and O–H groups in total. The lowest BCUT2D eigenvalue weighted by Gasteiger charge is -2.20. The van der Waals surface area contributed by atoms with Gasteiger partial charge in [0.15, 0.2) is 4.34 Å². The molecule has 2 unspecified atom stereocenters. The van der Waals surface area contributed by atoms with E-state index < -0.39 is 0 Å². The minimum Gasteiger partial charge on any atom is -0.316 e. The molecular formula is C8H15N3S2. The van der Waals surface area contributed by atoms with Crippen molar-refractivity contribution >= 4 is 23.1 Å². The molecule has 0 amide bonds. The summed E-state index contributed by atoms with van der Waals surface area (Å²) in [7, 11) is 2.01. The first kappa shape index (κ1) is 10.9. The van der Waals surface area contributed by atoms with Crippen molar-refractivity contribution in [2.75, 3.05) is 7.05 Å². The SMILES string of the molecule is CCC(NC)C(C)Sc1nncs1. The monoisotopic (exact) mass is 217 g/mol. The van der Waals surface area contributed by atoms with E-state index >= 15 is 0 Å². The normalized spacial score (nSPS) is 15.6. The molecule has 0 aliphatic carbocycles. The summed E-state index contributed by atoms with van der Waals surface area (Å²) >= 11 is 3.39. The first-order chi connectivity index (χ1) is 6.27. The number of aromatic nitrogens is 2. The van der Waals surface area contributed by atoms with Gasteiger partial charge in [-0.05, 0) is 13.5 Å². The molecule has 0 aromatic carbocycles. The highest BCUT2D eigenvalue weighted by atomic mass is 32.2. The lowest BCUT2D eigenvalue weighted by atomic mass is 10.2. The van der Waals surface area contributed by atoms with Crippen LogP contribution in [0.4, 0.5) is 0 Å². The van der Waals surface area contributed by atoms with Crippen LogP contribution in [0.25, 0.3) is 0 Å². The Hall–Kier alpha value is -0.130. The Bertz CT molecular complexity index is 221. The molecule has 0 saturated carbocycles. The van der Waals surface area contributed by atoms with Gasteiger partial charge < -0.3 is 5.32 Å². The van der Waals surface area contributed by atoms with Crippen molar-refractivity contribution in [2.24, 2.45) is 0 Å². The lowest BCUT2D eigenvalue weighted by molar-refractivity contribution is 0.541. The third-order valence-corrected chi connectivity index (χ3v) is 4.05. The molecule has 0 saturated heterocycles. The average Bonchev–Trinajstić information content (AvgIpc) is 2.59. The van der Waals surface area contributed by atoms with E-state index in [1.165, 1.54) is 0 Å². The maximum Gasteiger partial charge on any atom is 0.174 e. The molecule has 0 radical (unpaired) electrons. The van der Waals surface area contributed by atoms with Gasteiger partial charge in [-0.1, -0.05) is 36.9 Å². The molecule has 5 heteroatoms. The highest BCUT2D eigenvalue weighted by molar-refractivity contribution is 8.01. The van der Waals surface area contributed by atoms with Gasteiger partial charge >= 0.3 is 0 Å². The van der Waals surface area contributed by atoms with Crippen LogP contribution in [0.5, 0.6) is 0 Å². The lowest BCUT2D eigenvalue weighted by Crippen LogP contribution is -2.33. The van der Waals surface area contributed by atoms with E-state index in [2.05, 4.69) is 29.4 Å². The van der Waals surface area contributed by atoms with E-state index in [0.717, 1.165) is 10.8 Å². The Morgan fingerprint density at radius 2 is 2.46 bits per heavy atom. The topological polar surface area (TPSA) is 37.8 Å². The fraction of sp³-hybridized carbons (Fsp3) is 0.750. The molecule has 0 spiro atoms. The smallest absolute Gasteiger partial charge is 0.174 e. The first-order valence-electron chi connectivity index (χ1n) is 4.38. The molecular weight excluding hydrogens is 202 g/mol. The zero-order valence-corrected chi connectivity index (χ0v) is 9.78. The summed E-state index contributed by atoms with van der Waals surface area (Å²) in [5.41, 5.74) is 1.77. The molecule has 1 heterocycles. The second kappa shape index (κ2) is 5.57.